The van der Waals surface area contributed by atoms with Crippen LogP contribution in [-0.2, 0) is 33.2 Å². The lowest BCUT2D eigenvalue weighted by Crippen LogP contribution is -2.68. The smallest absolute Gasteiger partial charge is 0.226 e. The van der Waals surface area contributed by atoms with Crippen LogP contribution < -0.4 is 0 Å². The van der Waals surface area contributed by atoms with Crippen LogP contribution >= 0.6 is 0 Å². The van der Waals surface area contributed by atoms with Gasteiger partial charge in [-0.2, -0.15) is 0 Å². The molecule has 0 bridgehead atoms. The second kappa shape index (κ2) is 6.78. The van der Waals surface area contributed by atoms with Crippen LogP contribution in [0.15, 0.2) is 0 Å². The molecule has 33 heavy (non-hydrogen) atoms. The average molecular weight is 465 g/mol. The second-order valence-electron chi connectivity index (χ2n) is 12.2. The fourth-order valence-corrected chi connectivity index (χ4v) is 9.72. The molecule has 3 heterocycles. The molecule has 0 aromatic heterocycles. The van der Waals surface area contributed by atoms with Gasteiger partial charge in [0.05, 0.1) is 19.3 Å². The third kappa shape index (κ3) is 2.49. The number of hydrogen-bond acceptors (Lipinski definition) is 8. The first-order valence-corrected chi connectivity index (χ1v) is 12.8. The van der Waals surface area contributed by atoms with Gasteiger partial charge in [-0.25, -0.2) is 0 Å². The molecule has 7 fully saturated rings. The maximum atomic E-state index is 13.9. The number of hydrogen-bond donors (Lipinski definition) is 1. The number of rotatable bonds is 0. The maximum absolute atomic E-state index is 13.9. The Labute approximate surface area is 194 Å². The zero-order valence-electron chi connectivity index (χ0n) is 19.7. The minimum Gasteiger partial charge on any atom is -0.393 e. The van der Waals surface area contributed by atoms with Crippen molar-refractivity contribution in [1.29, 1.82) is 0 Å². The van der Waals surface area contributed by atoms with Crippen LogP contribution in [0.2, 0.25) is 0 Å². The molecule has 0 amide bonds. The fourth-order valence-electron chi connectivity index (χ4n) is 9.72. The monoisotopic (exact) mass is 464 g/mol. The molecule has 8 heteroatoms. The first kappa shape index (κ1) is 21.7. The number of carbonyl (C=O) groups excluding carboxylic acids is 1. The van der Waals surface area contributed by atoms with Gasteiger partial charge in [-0.1, -0.05) is 13.8 Å². The van der Waals surface area contributed by atoms with E-state index in [9.17, 15) is 9.90 Å². The highest BCUT2D eigenvalue weighted by molar-refractivity contribution is 5.83. The van der Waals surface area contributed by atoms with Crippen molar-refractivity contribution >= 4 is 5.78 Å². The van der Waals surface area contributed by atoms with Gasteiger partial charge in [-0.05, 0) is 42.9 Å². The standard InChI is InChI=1S/C25H36O8/c1-21-5-6-23(29-7-8-30-23)10-15(21)9-17(26)19-16-3-4-24(22(16,2)11-18(27)20(19)21)25(33-14-31-24)12-28-13-32-25/h15-16,18-20,27H,3-14H2,1-2H3/t15-,16?,18?,19?,20?,21+,22+,24-,25?/m1/s1. The normalized spacial score (nSPS) is 57.1. The van der Waals surface area contributed by atoms with Crippen LogP contribution in [0.5, 0.6) is 0 Å². The van der Waals surface area contributed by atoms with Crippen molar-refractivity contribution < 1.29 is 38.3 Å². The molecule has 3 spiro atoms. The van der Waals surface area contributed by atoms with E-state index in [4.69, 9.17) is 28.4 Å². The summed E-state index contributed by atoms with van der Waals surface area (Å²) in [7, 11) is 0. The number of fused-ring (bicyclic) bond motifs is 7. The van der Waals surface area contributed by atoms with Crippen LogP contribution in [0.4, 0.5) is 0 Å². The Kier molecular flexibility index (Phi) is 4.45. The molecular formula is C25H36O8. The van der Waals surface area contributed by atoms with Gasteiger partial charge in [0.25, 0.3) is 0 Å². The lowest BCUT2D eigenvalue weighted by Gasteiger charge is -2.63. The summed E-state index contributed by atoms with van der Waals surface area (Å²) in [4.78, 5) is 13.9. The zero-order valence-corrected chi connectivity index (χ0v) is 19.7. The van der Waals surface area contributed by atoms with Gasteiger partial charge in [0.15, 0.2) is 19.4 Å². The van der Waals surface area contributed by atoms with Gasteiger partial charge >= 0.3 is 0 Å². The Balaban J connectivity index is 1.25. The molecule has 3 aliphatic heterocycles. The van der Waals surface area contributed by atoms with Gasteiger partial charge in [0.2, 0.25) is 5.79 Å². The van der Waals surface area contributed by atoms with Gasteiger partial charge in [-0.15, -0.1) is 0 Å². The van der Waals surface area contributed by atoms with Crippen molar-refractivity contribution in [3.05, 3.63) is 0 Å². The predicted octanol–water partition coefficient (Wildman–Crippen LogP) is 2.37. The van der Waals surface area contributed by atoms with Gasteiger partial charge in [0, 0.05) is 36.5 Å². The van der Waals surface area contributed by atoms with Crippen LogP contribution in [0, 0.1) is 34.5 Å². The molecule has 0 aromatic carbocycles. The molecule has 7 aliphatic rings. The molecule has 0 aromatic rings. The van der Waals surface area contributed by atoms with E-state index in [2.05, 4.69) is 13.8 Å². The van der Waals surface area contributed by atoms with Crippen LogP contribution in [0.1, 0.15) is 58.8 Å². The Morgan fingerprint density at radius 3 is 2.48 bits per heavy atom. The Morgan fingerprint density at radius 2 is 1.73 bits per heavy atom. The van der Waals surface area contributed by atoms with Gasteiger partial charge < -0.3 is 33.5 Å². The lowest BCUT2D eigenvalue weighted by atomic mass is 9.42. The molecule has 1 N–H and O–H groups in total. The second-order valence-corrected chi connectivity index (χ2v) is 12.2. The van der Waals surface area contributed by atoms with E-state index in [1.54, 1.807) is 0 Å². The SMILES string of the molecule is C[C@]12CC(O)C3C(C(=O)C[C@@H]4CC5(CC[C@]34C)OCCO5)C1CC[C@@]21OCOC12COCO2. The summed E-state index contributed by atoms with van der Waals surface area (Å²) < 4.78 is 36.1. The third-order valence-electron chi connectivity index (χ3n) is 11.2. The first-order valence-electron chi connectivity index (χ1n) is 12.8. The van der Waals surface area contributed by atoms with E-state index >= 15 is 0 Å². The van der Waals surface area contributed by atoms with Crippen LogP contribution in [0.3, 0.4) is 0 Å². The minimum absolute atomic E-state index is 0.0465. The van der Waals surface area contributed by atoms with E-state index in [0.717, 1.165) is 32.1 Å². The lowest BCUT2D eigenvalue weighted by molar-refractivity contribution is -0.267. The summed E-state index contributed by atoms with van der Waals surface area (Å²) >= 11 is 0. The molecule has 184 valence electrons. The first-order chi connectivity index (χ1) is 15.8. The van der Waals surface area contributed by atoms with Crippen molar-refractivity contribution in [2.45, 2.75) is 82.1 Å². The van der Waals surface area contributed by atoms with Crippen molar-refractivity contribution in [2.75, 3.05) is 33.4 Å². The predicted molar refractivity (Wildman–Crippen MR) is 113 cm³/mol. The topological polar surface area (TPSA) is 92.7 Å². The molecule has 7 rings (SSSR count). The van der Waals surface area contributed by atoms with E-state index in [1.165, 1.54) is 0 Å². The average Bonchev–Trinajstić information content (AvgIpc) is 3.55. The number of ketones is 1. The number of ether oxygens (including phenoxy) is 6. The highest BCUT2D eigenvalue weighted by Crippen LogP contribution is 2.71. The molecule has 0 radical (unpaired) electrons. The Morgan fingerprint density at radius 1 is 0.939 bits per heavy atom. The molecular weight excluding hydrogens is 428 g/mol. The largest absolute Gasteiger partial charge is 0.393 e. The van der Waals surface area contributed by atoms with Crippen molar-refractivity contribution in [2.24, 2.45) is 34.5 Å². The molecule has 3 saturated heterocycles. The van der Waals surface area contributed by atoms with Gasteiger partial charge in [-0.3, -0.25) is 4.79 Å². The van der Waals surface area contributed by atoms with Crippen molar-refractivity contribution in [3.8, 4) is 0 Å². The number of carbonyl (C=O) groups is 1. The van der Waals surface area contributed by atoms with E-state index in [0.29, 0.717) is 38.4 Å². The maximum Gasteiger partial charge on any atom is 0.226 e. The fraction of sp³-hybridized carbons (Fsp3) is 0.960. The zero-order chi connectivity index (χ0) is 22.7. The molecule has 8 nitrogen and oxygen atoms in total. The summed E-state index contributed by atoms with van der Waals surface area (Å²) in [6.45, 7) is 6.44. The van der Waals surface area contributed by atoms with E-state index in [-0.39, 0.29) is 42.7 Å². The quantitative estimate of drug-likeness (QED) is 0.584. The van der Waals surface area contributed by atoms with Crippen molar-refractivity contribution in [1.82, 2.24) is 0 Å². The van der Waals surface area contributed by atoms with Crippen molar-refractivity contribution in [3.63, 3.8) is 0 Å². The highest BCUT2D eigenvalue weighted by Gasteiger charge is 2.78. The summed E-state index contributed by atoms with van der Waals surface area (Å²) in [6, 6.07) is 0. The Hall–Kier alpha value is -0.610. The third-order valence-corrected chi connectivity index (χ3v) is 11.2. The Bertz CT molecular complexity index is 844. The molecule has 4 aliphatic carbocycles. The van der Waals surface area contributed by atoms with Crippen LogP contribution in [0.25, 0.3) is 0 Å². The van der Waals surface area contributed by atoms with Crippen LogP contribution in [-0.4, -0.2) is 67.6 Å². The number of Topliss-reactive ketones (excluding diaryl/α,β-unsaturated/α-hetero) is 1. The minimum atomic E-state index is -0.943. The number of aliphatic hydroxyl groups excluding tert-OH is 1. The van der Waals surface area contributed by atoms with Gasteiger partial charge in [0.1, 0.15) is 18.0 Å². The molecule has 9 atom stereocenters. The van der Waals surface area contributed by atoms with E-state index < -0.39 is 28.7 Å². The molecule has 4 saturated carbocycles. The summed E-state index contributed by atoms with van der Waals surface area (Å²) in [5.74, 6) is -1.07. The summed E-state index contributed by atoms with van der Waals surface area (Å²) in [6.07, 6.45) is 4.68. The highest BCUT2D eigenvalue weighted by atomic mass is 16.9. The summed E-state index contributed by atoms with van der Waals surface area (Å²) in [5, 5.41) is 11.8. The van der Waals surface area contributed by atoms with E-state index in [1.807, 2.05) is 0 Å². The molecule has 5 unspecified atom stereocenters. The summed E-state index contributed by atoms with van der Waals surface area (Å²) in [5.41, 5.74) is -1.23. The number of aliphatic hydroxyl groups is 1.